The van der Waals surface area contributed by atoms with Crippen LogP contribution in [0.25, 0.3) is 33.2 Å². The van der Waals surface area contributed by atoms with Crippen LogP contribution in [0.4, 0.5) is 0 Å². The van der Waals surface area contributed by atoms with Gasteiger partial charge in [-0.15, -0.1) is 0 Å². The molecule has 1 N–H and O–H groups in total. The van der Waals surface area contributed by atoms with E-state index in [0.717, 1.165) is 69.6 Å². The average Bonchev–Trinajstić information content (AvgIpc) is 3.56. The van der Waals surface area contributed by atoms with E-state index in [1.54, 1.807) is 0 Å². The van der Waals surface area contributed by atoms with Gasteiger partial charge in [0.2, 0.25) is 0 Å². The summed E-state index contributed by atoms with van der Waals surface area (Å²) < 4.78 is 16.1. The van der Waals surface area contributed by atoms with E-state index in [-0.39, 0.29) is 5.92 Å². The van der Waals surface area contributed by atoms with E-state index in [4.69, 9.17) is 9.47 Å². The van der Waals surface area contributed by atoms with Crippen molar-refractivity contribution in [2.75, 3.05) is 6.54 Å². The first kappa shape index (κ1) is 29.2. The second-order valence-electron chi connectivity index (χ2n) is 14.0. The van der Waals surface area contributed by atoms with Gasteiger partial charge in [0.05, 0.1) is 16.4 Å². The summed E-state index contributed by atoms with van der Waals surface area (Å²) in [7, 11) is 0. The summed E-state index contributed by atoms with van der Waals surface area (Å²) in [4.78, 5) is 0. The summed E-state index contributed by atoms with van der Waals surface area (Å²) in [5.41, 5.74) is 11.2. The molecule has 0 radical (unpaired) electrons. The number of nitrogens with one attached hydrogen (secondary N) is 1. The van der Waals surface area contributed by atoms with Gasteiger partial charge in [-0.05, 0) is 66.1 Å². The van der Waals surface area contributed by atoms with Gasteiger partial charge in [0, 0.05) is 56.9 Å². The van der Waals surface area contributed by atoms with Crippen molar-refractivity contribution in [1.82, 2.24) is 9.88 Å². The van der Waals surface area contributed by atoms with E-state index >= 15 is 0 Å². The third kappa shape index (κ3) is 4.09. The van der Waals surface area contributed by atoms with Crippen LogP contribution in [-0.4, -0.2) is 11.1 Å². The van der Waals surface area contributed by atoms with E-state index in [9.17, 15) is 0 Å². The highest BCUT2D eigenvalue weighted by Gasteiger charge is 2.52. The van der Waals surface area contributed by atoms with Gasteiger partial charge in [0.15, 0.2) is 0 Å². The van der Waals surface area contributed by atoms with Crippen molar-refractivity contribution in [3.8, 4) is 22.9 Å². The van der Waals surface area contributed by atoms with Gasteiger partial charge >= 0.3 is 0 Å². The first-order valence-corrected chi connectivity index (χ1v) is 18.1. The number of dihydropyridines is 1. The predicted octanol–water partition coefficient (Wildman–Crippen LogP) is 11.1. The fourth-order valence-corrected chi connectivity index (χ4v) is 9.16. The average molecular weight is 671 g/mol. The zero-order chi connectivity index (χ0) is 34.2. The topological polar surface area (TPSA) is 35.4 Å². The standard InChI is InChI=1S/C48H34N2O2/c1-2-13-33(14-3-1)50-42-21-7-4-15-35(42)36-17-12-16-34(47(36)50)31-25-27-45-40(29-31)48(37-18-5-8-22-43(37)51-44-23-9-6-19-38(44)48)39-26-24-32(30-46(39)52-45)41-20-10-11-28-49-41/h1-27,30-31,49H,28-29H2. The molecule has 7 aromatic rings. The first-order valence-electron chi connectivity index (χ1n) is 18.1. The molecule has 0 fully saturated rings. The second kappa shape index (κ2) is 11.2. The highest BCUT2D eigenvalue weighted by atomic mass is 16.5. The molecular weight excluding hydrogens is 637 g/mol. The van der Waals surface area contributed by atoms with Crippen LogP contribution in [0.5, 0.6) is 17.2 Å². The fourth-order valence-electron chi connectivity index (χ4n) is 9.16. The molecule has 1 unspecified atom stereocenters. The largest absolute Gasteiger partial charge is 0.457 e. The molecule has 0 saturated carbocycles. The van der Waals surface area contributed by atoms with Crippen molar-refractivity contribution in [1.29, 1.82) is 0 Å². The van der Waals surface area contributed by atoms with Crippen LogP contribution in [0.2, 0.25) is 0 Å². The van der Waals surface area contributed by atoms with E-state index in [0.29, 0.717) is 0 Å². The maximum Gasteiger partial charge on any atom is 0.132 e. The predicted molar refractivity (Wildman–Crippen MR) is 209 cm³/mol. The molecular formula is C48H34N2O2. The Morgan fingerprint density at radius 2 is 1.38 bits per heavy atom. The van der Waals surface area contributed by atoms with E-state index < -0.39 is 5.41 Å². The van der Waals surface area contributed by atoms with E-state index in [1.807, 2.05) is 0 Å². The number of benzene rings is 6. The summed E-state index contributed by atoms with van der Waals surface area (Å²) in [5, 5.41) is 6.06. The highest BCUT2D eigenvalue weighted by molar-refractivity contribution is 6.10. The molecule has 1 spiro atoms. The van der Waals surface area contributed by atoms with E-state index in [2.05, 4.69) is 180 Å². The SMILES string of the molecule is C1=CCNC(c2ccc3c(c2)OC2=C(CC(c4cccc5c6ccccc6n(-c6ccccc6)c45)C=C2)C32c3ccccc3Oc3ccccc32)=C1. The minimum atomic E-state index is -0.621. The number of fused-ring (bicyclic) bond motifs is 10. The zero-order valence-electron chi connectivity index (χ0n) is 28.4. The Kier molecular flexibility index (Phi) is 6.32. The molecule has 0 bridgehead atoms. The minimum Gasteiger partial charge on any atom is -0.457 e. The minimum absolute atomic E-state index is 0.0982. The van der Waals surface area contributed by atoms with Crippen LogP contribution < -0.4 is 14.8 Å². The normalized spacial score (nSPS) is 17.8. The Hall–Kier alpha value is -6.52. The molecule has 4 nitrogen and oxygen atoms in total. The molecule has 1 aromatic heterocycles. The van der Waals surface area contributed by atoms with Crippen LogP contribution in [0.3, 0.4) is 0 Å². The zero-order valence-corrected chi connectivity index (χ0v) is 28.4. The molecule has 6 aromatic carbocycles. The number of ether oxygens (including phenoxy) is 2. The molecule has 0 saturated heterocycles. The summed E-state index contributed by atoms with van der Waals surface area (Å²) in [6.45, 7) is 0.807. The molecule has 1 aliphatic carbocycles. The molecule has 1 atom stereocenters. The summed E-state index contributed by atoms with van der Waals surface area (Å²) in [6.07, 6.45) is 11.7. The van der Waals surface area contributed by atoms with Crippen molar-refractivity contribution < 1.29 is 9.47 Å². The van der Waals surface area contributed by atoms with Gasteiger partial charge in [0.1, 0.15) is 23.0 Å². The van der Waals surface area contributed by atoms with Gasteiger partial charge in [0.25, 0.3) is 0 Å². The molecule has 52 heavy (non-hydrogen) atoms. The van der Waals surface area contributed by atoms with E-state index in [1.165, 1.54) is 32.9 Å². The maximum atomic E-state index is 7.01. The number of nitrogens with zero attached hydrogens (tertiary/aromatic N) is 1. The number of allylic oxidation sites excluding steroid dienone is 5. The number of hydrogen-bond donors (Lipinski definition) is 1. The quantitative estimate of drug-likeness (QED) is 0.203. The van der Waals surface area contributed by atoms with Gasteiger partial charge in [-0.25, -0.2) is 0 Å². The smallest absolute Gasteiger partial charge is 0.132 e. The summed E-state index contributed by atoms with van der Waals surface area (Å²) in [6, 6.07) is 50.2. The monoisotopic (exact) mass is 670 g/mol. The van der Waals surface area contributed by atoms with Crippen molar-refractivity contribution in [3.05, 3.63) is 209 Å². The van der Waals surface area contributed by atoms with Crippen molar-refractivity contribution in [2.45, 2.75) is 17.8 Å². The molecule has 3 aliphatic heterocycles. The Morgan fingerprint density at radius 1 is 0.654 bits per heavy atom. The molecule has 4 heteroatoms. The molecule has 11 rings (SSSR count). The molecule has 4 aliphatic rings. The lowest BCUT2D eigenvalue weighted by atomic mass is 9.59. The third-order valence-corrected chi connectivity index (χ3v) is 11.3. The van der Waals surface area contributed by atoms with Gasteiger partial charge < -0.3 is 19.4 Å². The maximum absolute atomic E-state index is 7.01. The van der Waals surface area contributed by atoms with Crippen molar-refractivity contribution in [3.63, 3.8) is 0 Å². The Balaban J connectivity index is 1.15. The summed E-state index contributed by atoms with van der Waals surface area (Å²) >= 11 is 0. The number of hydrogen-bond acceptors (Lipinski definition) is 3. The van der Waals surface area contributed by atoms with Gasteiger partial charge in [-0.3, -0.25) is 0 Å². The van der Waals surface area contributed by atoms with Crippen LogP contribution in [0, 0.1) is 0 Å². The number of para-hydroxylation sites is 5. The van der Waals surface area contributed by atoms with Crippen molar-refractivity contribution in [2.24, 2.45) is 0 Å². The summed E-state index contributed by atoms with van der Waals surface area (Å²) in [5.74, 6) is 3.64. The van der Waals surface area contributed by atoms with Gasteiger partial charge in [-0.2, -0.15) is 0 Å². The van der Waals surface area contributed by atoms with Crippen LogP contribution >= 0.6 is 0 Å². The number of aromatic nitrogens is 1. The van der Waals surface area contributed by atoms with Crippen LogP contribution in [0.15, 0.2) is 181 Å². The van der Waals surface area contributed by atoms with Gasteiger partial charge in [-0.1, -0.05) is 121 Å². The second-order valence-corrected chi connectivity index (χ2v) is 14.0. The third-order valence-electron chi connectivity index (χ3n) is 11.3. The Bertz CT molecular complexity index is 2680. The fraction of sp³-hybridized carbons (Fsp3) is 0.0833. The van der Waals surface area contributed by atoms with Crippen molar-refractivity contribution >= 4 is 27.5 Å². The van der Waals surface area contributed by atoms with Crippen LogP contribution in [0.1, 0.15) is 40.2 Å². The first-order chi connectivity index (χ1) is 25.8. The lowest BCUT2D eigenvalue weighted by Gasteiger charge is -2.47. The van der Waals surface area contributed by atoms with Crippen LogP contribution in [-0.2, 0) is 5.41 Å². The Morgan fingerprint density at radius 3 is 2.19 bits per heavy atom. The number of rotatable bonds is 3. The molecule has 0 amide bonds. The highest BCUT2D eigenvalue weighted by Crippen LogP contribution is 2.62. The molecule has 4 heterocycles. The molecule has 248 valence electrons. The Labute approximate surface area is 302 Å². The lowest BCUT2D eigenvalue weighted by molar-refractivity contribution is 0.364. The lowest BCUT2D eigenvalue weighted by Crippen LogP contribution is -2.40.